The van der Waals surface area contributed by atoms with Crippen LogP contribution in [0.15, 0.2) is 36.4 Å². The van der Waals surface area contributed by atoms with Gasteiger partial charge in [0.1, 0.15) is 12.2 Å². The first kappa shape index (κ1) is 24.5. The molecule has 0 bridgehead atoms. The molecule has 0 spiro atoms. The van der Waals surface area contributed by atoms with Crippen LogP contribution in [-0.2, 0) is 11.3 Å². The number of nitro benzene ring substituents is 1. The van der Waals surface area contributed by atoms with Crippen molar-refractivity contribution in [2.24, 2.45) is 0 Å². The van der Waals surface area contributed by atoms with E-state index in [1.165, 1.54) is 26.4 Å². The largest absolute Gasteiger partial charge is 0.493 e. The van der Waals surface area contributed by atoms with Gasteiger partial charge in [-0.15, -0.1) is 0 Å². The molecular weight excluding hydrogens is 454 g/mol. The number of carbonyl (C=O) groups excluding carboxylic acids is 2. The normalized spacial score (nSPS) is 14.8. The van der Waals surface area contributed by atoms with Gasteiger partial charge in [-0.3, -0.25) is 19.7 Å². The number of nitrogens with zero attached hydrogens (tertiary/aromatic N) is 2. The third kappa shape index (κ3) is 6.07. The van der Waals surface area contributed by atoms with Crippen molar-refractivity contribution in [2.75, 3.05) is 27.4 Å². The lowest BCUT2D eigenvalue weighted by atomic mass is 10.1. The number of benzene rings is 2. The number of hydrogen-bond acceptors (Lipinski definition) is 7. The molecule has 2 saturated carbocycles. The smallest absolute Gasteiger partial charge is 0.286 e. The molecule has 10 nitrogen and oxygen atoms in total. The van der Waals surface area contributed by atoms with Crippen LogP contribution in [0.1, 0.15) is 52.0 Å². The van der Waals surface area contributed by atoms with Crippen molar-refractivity contribution < 1.29 is 28.7 Å². The van der Waals surface area contributed by atoms with Gasteiger partial charge in [-0.1, -0.05) is 12.1 Å². The summed E-state index contributed by atoms with van der Waals surface area (Å²) in [5.41, 5.74) is 0.996. The Labute approximate surface area is 203 Å². The molecule has 1 N–H and O–H groups in total. The Morgan fingerprint density at radius 2 is 1.77 bits per heavy atom. The highest BCUT2D eigenvalue weighted by molar-refractivity contribution is 5.99. The summed E-state index contributed by atoms with van der Waals surface area (Å²) in [5.74, 6) is -0.149. The predicted molar refractivity (Wildman–Crippen MR) is 127 cm³/mol. The molecule has 2 amide bonds. The zero-order valence-corrected chi connectivity index (χ0v) is 19.8. The lowest BCUT2D eigenvalue weighted by Crippen LogP contribution is -2.33. The van der Waals surface area contributed by atoms with Gasteiger partial charge in [0, 0.05) is 37.4 Å². The molecule has 2 aromatic rings. The first-order chi connectivity index (χ1) is 16.9. The van der Waals surface area contributed by atoms with Gasteiger partial charge in [-0.2, -0.15) is 0 Å². The van der Waals surface area contributed by atoms with E-state index in [1.807, 2.05) is 12.1 Å². The molecule has 0 saturated heterocycles. The summed E-state index contributed by atoms with van der Waals surface area (Å²) in [6.45, 7) is 0.758. The Balaban J connectivity index is 1.55. The van der Waals surface area contributed by atoms with E-state index in [4.69, 9.17) is 14.2 Å². The van der Waals surface area contributed by atoms with Crippen LogP contribution in [-0.4, -0.2) is 61.2 Å². The van der Waals surface area contributed by atoms with Crippen molar-refractivity contribution in [3.63, 3.8) is 0 Å². The first-order valence-corrected chi connectivity index (χ1v) is 11.6. The Kier molecular flexibility index (Phi) is 7.50. The Morgan fingerprint density at radius 3 is 2.34 bits per heavy atom. The average Bonchev–Trinajstić information content (AvgIpc) is 3.78. The van der Waals surface area contributed by atoms with Crippen LogP contribution in [0, 0.1) is 10.1 Å². The van der Waals surface area contributed by atoms with Crippen molar-refractivity contribution in [2.45, 2.75) is 44.3 Å². The quantitative estimate of drug-likeness (QED) is 0.279. The van der Waals surface area contributed by atoms with Gasteiger partial charge in [0.25, 0.3) is 17.5 Å². The van der Waals surface area contributed by atoms with Gasteiger partial charge in [-0.05, 0) is 43.4 Å². The summed E-state index contributed by atoms with van der Waals surface area (Å²) in [6.07, 6.45) is 3.69. The molecule has 0 aromatic heterocycles. The van der Waals surface area contributed by atoms with Crippen LogP contribution in [0.5, 0.6) is 11.5 Å². The lowest BCUT2D eigenvalue weighted by molar-refractivity contribution is -0.385. The highest BCUT2D eigenvalue weighted by Gasteiger charge is 2.36. The minimum absolute atomic E-state index is 0.00331. The fraction of sp³-hybridized carbons (Fsp3) is 0.440. The molecule has 0 unspecified atom stereocenters. The zero-order valence-electron chi connectivity index (χ0n) is 19.8. The number of rotatable bonds is 12. The molecule has 10 heteroatoms. The van der Waals surface area contributed by atoms with Crippen LogP contribution in [0.2, 0.25) is 0 Å². The number of hydrogen-bond donors (Lipinski definition) is 1. The second-order valence-electron chi connectivity index (χ2n) is 8.73. The van der Waals surface area contributed by atoms with Gasteiger partial charge in [0.2, 0.25) is 0 Å². The van der Waals surface area contributed by atoms with E-state index in [9.17, 15) is 19.7 Å². The van der Waals surface area contributed by atoms with Gasteiger partial charge >= 0.3 is 0 Å². The van der Waals surface area contributed by atoms with Gasteiger partial charge < -0.3 is 24.4 Å². The second-order valence-corrected chi connectivity index (χ2v) is 8.73. The number of carbonyl (C=O) groups is 2. The molecule has 186 valence electrons. The lowest BCUT2D eigenvalue weighted by Gasteiger charge is -2.23. The maximum Gasteiger partial charge on any atom is 0.286 e. The molecule has 2 aliphatic carbocycles. The summed E-state index contributed by atoms with van der Waals surface area (Å²) in [7, 11) is 2.94. The minimum Gasteiger partial charge on any atom is -0.493 e. The summed E-state index contributed by atoms with van der Waals surface area (Å²) in [4.78, 5) is 38.7. The standard InChI is InChI=1S/C25H29N3O7/c1-33-11-12-35-23-14-21(28(31)32)20(13-22(23)34-2)25(30)27(19-9-10-19)15-16-3-5-17(6-4-16)24(29)26-18-7-8-18/h3-6,13-14,18-19H,7-12,15H2,1-2H3,(H,26,29). The Morgan fingerprint density at radius 1 is 1.06 bits per heavy atom. The maximum atomic E-state index is 13.5. The van der Waals surface area contributed by atoms with Gasteiger partial charge in [0.15, 0.2) is 11.5 Å². The second kappa shape index (κ2) is 10.7. The summed E-state index contributed by atoms with van der Waals surface area (Å²) < 4.78 is 15.9. The van der Waals surface area contributed by atoms with Crippen molar-refractivity contribution in [1.82, 2.24) is 10.2 Å². The fourth-order valence-corrected chi connectivity index (χ4v) is 3.74. The monoisotopic (exact) mass is 483 g/mol. The van der Waals surface area contributed by atoms with Crippen LogP contribution in [0.3, 0.4) is 0 Å². The fourth-order valence-electron chi connectivity index (χ4n) is 3.74. The number of nitro groups is 1. The van der Waals surface area contributed by atoms with Crippen LogP contribution < -0.4 is 14.8 Å². The predicted octanol–water partition coefficient (Wildman–Crippen LogP) is 3.33. The topological polar surface area (TPSA) is 120 Å². The SMILES string of the molecule is COCCOc1cc([N+](=O)[O-])c(C(=O)N(Cc2ccc(C(=O)NC3CC3)cc2)C2CC2)cc1OC. The van der Waals surface area contributed by atoms with Crippen molar-refractivity contribution in [3.05, 3.63) is 63.2 Å². The van der Waals surface area contributed by atoms with E-state index < -0.39 is 10.8 Å². The molecule has 0 radical (unpaired) electrons. The molecular formula is C25H29N3O7. The van der Waals surface area contributed by atoms with Crippen molar-refractivity contribution in [3.8, 4) is 11.5 Å². The van der Waals surface area contributed by atoms with Gasteiger partial charge in [-0.25, -0.2) is 0 Å². The molecule has 2 fully saturated rings. The highest BCUT2D eigenvalue weighted by Crippen LogP contribution is 2.37. The molecule has 35 heavy (non-hydrogen) atoms. The molecule has 4 rings (SSSR count). The van der Waals surface area contributed by atoms with E-state index in [0.29, 0.717) is 12.2 Å². The number of ether oxygens (including phenoxy) is 3. The average molecular weight is 484 g/mol. The summed E-state index contributed by atoms with van der Waals surface area (Å²) >= 11 is 0. The summed E-state index contributed by atoms with van der Waals surface area (Å²) in [6, 6.07) is 9.96. The number of methoxy groups -OCH3 is 2. The Hall–Kier alpha value is -3.66. The van der Waals surface area contributed by atoms with E-state index in [1.54, 1.807) is 17.0 Å². The molecule has 0 atom stereocenters. The third-order valence-electron chi connectivity index (χ3n) is 5.98. The van der Waals surface area contributed by atoms with Crippen LogP contribution in [0.4, 0.5) is 5.69 Å². The third-order valence-corrected chi connectivity index (χ3v) is 5.98. The van der Waals surface area contributed by atoms with E-state index in [0.717, 1.165) is 31.2 Å². The van der Waals surface area contributed by atoms with Crippen LogP contribution in [0.25, 0.3) is 0 Å². The molecule has 0 aliphatic heterocycles. The van der Waals surface area contributed by atoms with E-state index in [-0.39, 0.29) is 53.9 Å². The van der Waals surface area contributed by atoms with E-state index >= 15 is 0 Å². The number of nitrogens with one attached hydrogen (secondary N) is 1. The van der Waals surface area contributed by atoms with Crippen LogP contribution >= 0.6 is 0 Å². The molecule has 0 heterocycles. The number of amides is 2. The zero-order chi connectivity index (χ0) is 24.9. The molecule has 2 aromatic carbocycles. The van der Waals surface area contributed by atoms with E-state index in [2.05, 4.69) is 5.32 Å². The molecule has 2 aliphatic rings. The Bertz CT molecular complexity index is 1090. The minimum atomic E-state index is -0.589. The highest BCUT2D eigenvalue weighted by atomic mass is 16.6. The maximum absolute atomic E-state index is 13.5. The van der Waals surface area contributed by atoms with Gasteiger partial charge in [0.05, 0.1) is 24.7 Å². The van der Waals surface area contributed by atoms with Crippen molar-refractivity contribution in [1.29, 1.82) is 0 Å². The summed E-state index contributed by atoms with van der Waals surface area (Å²) in [5, 5.41) is 14.8. The first-order valence-electron chi connectivity index (χ1n) is 11.6. The van der Waals surface area contributed by atoms with Crippen molar-refractivity contribution >= 4 is 17.5 Å².